The minimum absolute atomic E-state index is 0.118. The molecule has 1 amide bonds. The number of carbonyl (C=O) groups is 2. The fraction of sp³-hybridized carbons (Fsp3) is 0.529. The molecule has 0 aliphatic carbocycles. The number of amides is 1. The zero-order valence-corrected chi connectivity index (χ0v) is 14.5. The number of carbonyl (C=O) groups excluding carboxylic acids is 1. The molecular formula is C17H25NO5. The molecule has 1 aromatic carbocycles. The fourth-order valence-corrected chi connectivity index (χ4v) is 2.28. The first-order valence-electron chi connectivity index (χ1n) is 7.43. The van der Waals surface area contributed by atoms with Gasteiger partial charge in [-0.15, -0.1) is 0 Å². The van der Waals surface area contributed by atoms with Gasteiger partial charge in [-0.2, -0.15) is 0 Å². The lowest BCUT2D eigenvalue weighted by Crippen LogP contribution is -2.44. The van der Waals surface area contributed by atoms with Crippen molar-refractivity contribution in [3.63, 3.8) is 0 Å². The van der Waals surface area contributed by atoms with Crippen LogP contribution >= 0.6 is 0 Å². The van der Waals surface area contributed by atoms with E-state index in [1.54, 1.807) is 40.7 Å². The maximum Gasteiger partial charge on any atom is 0.408 e. The Hall–Kier alpha value is -2.24. The summed E-state index contributed by atoms with van der Waals surface area (Å²) >= 11 is 0. The highest BCUT2D eigenvalue weighted by Gasteiger charge is 2.25. The van der Waals surface area contributed by atoms with Gasteiger partial charge in [0.25, 0.3) is 0 Å². The molecule has 0 spiro atoms. The smallest absolute Gasteiger partial charge is 0.408 e. The number of alkyl carbamates (subject to hydrolysis) is 1. The molecule has 0 fully saturated rings. The lowest BCUT2D eigenvalue weighted by Gasteiger charge is -2.23. The molecule has 1 unspecified atom stereocenters. The Labute approximate surface area is 136 Å². The van der Waals surface area contributed by atoms with Crippen LogP contribution in [0.1, 0.15) is 43.0 Å². The number of ether oxygens (including phenoxy) is 1. The van der Waals surface area contributed by atoms with Crippen molar-refractivity contribution < 1.29 is 24.5 Å². The fourth-order valence-electron chi connectivity index (χ4n) is 2.28. The zero-order chi connectivity index (χ0) is 17.9. The summed E-state index contributed by atoms with van der Waals surface area (Å²) < 4.78 is 5.11. The van der Waals surface area contributed by atoms with E-state index in [1.165, 1.54) is 0 Å². The summed E-state index contributed by atoms with van der Waals surface area (Å²) in [5.74, 6) is -0.962. The van der Waals surface area contributed by atoms with Crippen LogP contribution in [0.3, 0.4) is 0 Å². The van der Waals surface area contributed by atoms with Crippen molar-refractivity contribution in [2.75, 3.05) is 0 Å². The van der Waals surface area contributed by atoms with Crippen LogP contribution in [0.25, 0.3) is 0 Å². The van der Waals surface area contributed by atoms with Crippen LogP contribution in [-0.4, -0.2) is 33.9 Å². The van der Waals surface area contributed by atoms with Gasteiger partial charge in [0.05, 0.1) is 0 Å². The highest BCUT2D eigenvalue weighted by atomic mass is 16.6. The summed E-state index contributed by atoms with van der Waals surface area (Å²) in [5, 5.41) is 21.6. The molecule has 0 radical (unpaired) electrons. The Balaban J connectivity index is 3.00. The monoisotopic (exact) mass is 323 g/mol. The summed E-state index contributed by atoms with van der Waals surface area (Å²) in [6.07, 6.45) is -0.649. The predicted octanol–water partition coefficient (Wildman–Crippen LogP) is 2.84. The number of rotatable bonds is 4. The minimum atomic E-state index is -1.14. The van der Waals surface area contributed by atoms with Crippen LogP contribution in [0.2, 0.25) is 0 Å². The van der Waals surface area contributed by atoms with Crippen molar-refractivity contribution in [1.82, 2.24) is 5.32 Å². The lowest BCUT2D eigenvalue weighted by molar-refractivity contribution is -0.139. The average molecular weight is 323 g/mol. The van der Waals surface area contributed by atoms with Crippen LogP contribution in [0.15, 0.2) is 6.07 Å². The van der Waals surface area contributed by atoms with E-state index in [9.17, 15) is 19.8 Å². The summed E-state index contributed by atoms with van der Waals surface area (Å²) in [4.78, 5) is 23.3. The number of carboxylic acids is 1. The molecule has 0 aromatic heterocycles. The normalized spacial score (nSPS) is 12.6. The van der Waals surface area contributed by atoms with Gasteiger partial charge in [0, 0.05) is 6.42 Å². The molecule has 6 heteroatoms. The highest BCUT2D eigenvalue weighted by Crippen LogP contribution is 2.27. The molecule has 23 heavy (non-hydrogen) atoms. The second-order valence-corrected chi connectivity index (χ2v) is 6.68. The van der Waals surface area contributed by atoms with E-state index in [0.717, 1.165) is 16.7 Å². The van der Waals surface area contributed by atoms with Crippen molar-refractivity contribution in [1.29, 1.82) is 0 Å². The molecule has 0 saturated carbocycles. The Morgan fingerprint density at radius 3 is 2.26 bits per heavy atom. The predicted molar refractivity (Wildman–Crippen MR) is 86.8 cm³/mol. The maximum atomic E-state index is 11.8. The SMILES string of the molecule is Cc1cc(O)c(C)c(C)c1CC(NC(=O)OC(C)(C)C)C(=O)O. The first-order valence-corrected chi connectivity index (χ1v) is 7.43. The molecule has 3 N–H and O–H groups in total. The van der Waals surface area contributed by atoms with Gasteiger partial charge >= 0.3 is 12.1 Å². The maximum absolute atomic E-state index is 11.8. The van der Waals surface area contributed by atoms with Crippen molar-refractivity contribution in [3.05, 3.63) is 28.3 Å². The number of nitrogens with one attached hydrogen (secondary N) is 1. The number of hydrogen-bond donors (Lipinski definition) is 3. The van der Waals surface area contributed by atoms with Crippen LogP contribution in [0, 0.1) is 20.8 Å². The second kappa shape index (κ2) is 6.89. The van der Waals surface area contributed by atoms with Gasteiger partial charge < -0.3 is 20.3 Å². The molecule has 1 rings (SSSR count). The van der Waals surface area contributed by atoms with Gasteiger partial charge in [-0.25, -0.2) is 9.59 Å². The van der Waals surface area contributed by atoms with Gasteiger partial charge in [0.2, 0.25) is 0 Å². The Bertz CT molecular complexity index is 616. The van der Waals surface area contributed by atoms with Crippen molar-refractivity contribution in [2.45, 2.75) is 59.6 Å². The highest BCUT2D eigenvalue weighted by molar-refractivity contribution is 5.80. The summed E-state index contributed by atoms with van der Waals surface area (Å²) in [7, 11) is 0. The number of phenols is 1. The molecule has 128 valence electrons. The number of aliphatic carboxylic acids is 1. The topological polar surface area (TPSA) is 95.9 Å². The van der Waals surface area contributed by atoms with Crippen molar-refractivity contribution in [3.8, 4) is 5.75 Å². The van der Waals surface area contributed by atoms with Gasteiger partial charge in [-0.3, -0.25) is 0 Å². The van der Waals surface area contributed by atoms with E-state index in [4.69, 9.17) is 4.74 Å². The number of carboxylic acid groups (broad SMARTS) is 1. The van der Waals surface area contributed by atoms with Gasteiger partial charge in [-0.05, 0) is 69.9 Å². The first kappa shape index (κ1) is 18.8. The molecule has 0 bridgehead atoms. The van der Waals surface area contributed by atoms with Gasteiger partial charge in [0.1, 0.15) is 17.4 Å². The zero-order valence-electron chi connectivity index (χ0n) is 14.5. The molecule has 0 saturated heterocycles. The standard InChI is InChI=1S/C17H25NO5/c1-9-7-14(19)11(3)10(2)12(9)8-13(15(20)21)18-16(22)23-17(4,5)6/h7,13,19H,8H2,1-6H3,(H,18,22)(H,20,21). The molecule has 1 atom stereocenters. The third-order valence-electron chi connectivity index (χ3n) is 3.63. The minimum Gasteiger partial charge on any atom is -0.508 e. The lowest BCUT2D eigenvalue weighted by atomic mass is 9.92. The van der Waals surface area contributed by atoms with E-state index < -0.39 is 23.7 Å². The molecule has 6 nitrogen and oxygen atoms in total. The van der Waals surface area contributed by atoms with Crippen LogP contribution < -0.4 is 5.32 Å². The van der Waals surface area contributed by atoms with Gasteiger partial charge in [0.15, 0.2) is 0 Å². The summed E-state index contributed by atoms with van der Waals surface area (Å²) in [6, 6.07) is 0.496. The molecule has 0 aliphatic heterocycles. The quantitative estimate of drug-likeness (QED) is 0.792. The van der Waals surface area contributed by atoms with Crippen molar-refractivity contribution >= 4 is 12.1 Å². The van der Waals surface area contributed by atoms with E-state index in [1.807, 2.05) is 6.92 Å². The third-order valence-corrected chi connectivity index (χ3v) is 3.63. The molecule has 0 heterocycles. The van der Waals surface area contributed by atoms with E-state index in [2.05, 4.69) is 5.32 Å². The summed E-state index contributed by atoms with van der Waals surface area (Å²) in [5.41, 5.74) is 2.40. The molecule has 0 aliphatic rings. The number of phenolic OH excluding ortho intramolecular Hbond substituents is 1. The molecule has 1 aromatic rings. The van der Waals surface area contributed by atoms with Crippen molar-refractivity contribution in [2.24, 2.45) is 0 Å². The second-order valence-electron chi connectivity index (χ2n) is 6.68. The van der Waals surface area contributed by atoms with Crippen LogP contribution in [0.4, 0.5) is 4.79 Å². The van der Waals surface area contributed by atoms with E-state index in [0.29, 0.717) is 5.56 Å². The Morgan fingerprint density at radius 1 is 1.22 bits per heavy atom. The first-order chi connectivity index (χ1) is 10.4. The van der Waals surface area contributed by atoms with E-state index >= 15 is 0 Å². The Morgan fingerprint density at radius 2 is 1.78 bits per heavy atom. The largest absolute Gasteiger partial charge is 0.508 e. The number of hydrogen-bond acceptors (Lipinski definition) is 4. The van der Waals surface area contributed by atoms with E-state index in [-0.39, 0.29) is 12.2 Å². The third kappa shape index (κ3) is 5.16. The van der Waals surface area contributed by atoms with Crippen LogP contribution in [-0.2, 0) is 16.0 Å². The van der Waals surface area contributed by atoms with Gasteiger partial charge in [-0.1, -0.05) is 0 Å². The number of aryl methyl sites for hydroxylation is 1. The number of benzene rings is 1. The molecular weight excluding hydrogens is 298 g/mol. The van der Waals surface area contributed by atoms with Crippen LogP contribution in [0.5, 0.6) is 5.75 Å². The summed E-state index contributed by atoms with van der Waals surface area (Å²) in [6.45, 7) is 10.5. The average Bonchev–Trinajstić information content (AvgIpc) is 2.37. The number of aromatic hydroxyl groups is 1. The Kier molecular flexibility index (Phi) is 5.64.